The SMILES string of the molecule is CCN(CC)CCNc1ccnc(OC)c1. The first-order valence-corrected chi connectivity index (χ1v) is 5.76. The number of methoxy groups -OCH3 is 1. The highest BCUT2D eigenvalue weighted by Gasteiger charge is 1.99. The zero-order valence-electron chi connectivity index (χ0n) is 10.4. The number of hydrogen-bond acceptors (Lipinski definition) is 4. The van der Waals surface area contributed by atoms with Crippen LogP contribution in [0.4, 0.5) is 5.69 Å². The van der Waals surface area contributed by atoms with Gasteiger partial charge in [-0.25, -0.2) is 4.98 Å². The molecule has 90 valence electrons. The maximum atomic E-state index is 5.06. The fourth-order valence-electron chi connectivity index (χ4n) is 1.53. The molecular weight excluding hydrogens is 202 g/mol. The lowest BCUT2D eigenvalue weighted by atomic mass is 10.4. The second-order valence-electron chi connectivity index (χ2n) is 3.54. The first kappa shape index (κ1) is 12.8. The molecule has 1 rings (SSSR count). The summed E-state index contributed by atoms with van der Waals surface area (Å²) in [5.74, 6) is 0.646. The van der Waals surface area contributed by atoms with E-state index in [0.717, 1.165) is 31.9 Å². The summed E-state index contributed by atoms with van der Waals surface area (Å²) in [6.45, 7) is 8.54. The Bertz CT molecular complexity index is 300. The van der Waals surface area contributed by atoms with E-state index in [-0.39, 0.29) is 0 Å². The Morgan fingerprint density at radius 2 is 2.12 bits per heavy atom. The predicted molar refractivity (Wildman–Crippen MR) is 67.1 cm³/mol. The van der Waals surface area contributed by atoms with Crippen LogP contribution >= 0.6 is 0 Å². The summed E-state index contributed by atoms with van der Waals surface area (Å²) in [4.78, 5) is 6.44. The molecule has 1 N–H and O–H groups in total. The van der Waals surface area contributed by atoms with E-state index in [1.165, 1.54) is 0 Å². The Morgan fingerprint density at radius 1 is 1.38 bits per heavy atom. The van der Waals surface area contributed by atoms with E-state index in [2.05, 4.69) is 29.0 Å². The minimum Gasteiger partial charge on any atom is -0.481 e. The maximum absolute atomic E-state index is 5.06. The number of ether oxygens (including phenoxy) is 1. The molecule has 0 amide bonds. The van der Waals surface area contributed by atoms with Crippen LogP contribution in [0.1, 0.15) is 13.8 Å². The Morgan fingerprint density at radius 3 is 2.75 bits per heavy atom. The molecule has 0 aliphatic heterocycles. The summed E-state index contributed by atoms with van der Waals surface area (Å²) in [5.41, 5.74) is 1.05. The van der Waals surface area contributed by atoms with Crippen molar-refractivity contribution < 1.29 is 4.74 Å². The third-order valence-electron chi connectivity index (χ3n) is 2.60. The molecule has 0 radical (unpaired) electrons. The van der Waals surface area contributed by atoms with Crippen LogP contribution in [0.3, 0.4) is 0 Å². The van der Waals surface area contributed by atoms with Crippen molar-refractivity contribution in [3.63, 3.8) is 0 Å². The van der Waals surface area contributed by atoms with Crippen molar-refractivity contribution in [2.45, 2.75) is 13.8 Å². The average Bonchev–Trinajstić information content (AvgIpc) is 2.35. The van der Waals surface area contributed by atoms with Crippen molar-refractivity contribution in [3.8, 4) is 5.88 Å². The molecule has 0 aliphatic rings. The standard InChI is InChI=1S/C12H21N3O/c1-4-15(5-2)9-8-13-11-6-7-14-12(10-11)16-3/h6-7,10H,4-5,8-9H2,1-3H3,(H,13,14). The van der Waals surface area contributed by atoms with Crippen LogP contribution in [0.15, 0.2) is 18.3 Å². The normalized spacial score (nSPS) is 10.5. The minimum absolute atomic E-state index is 0.646. The molecule has 16 heavy (non-hydrogen) atoms. The number of hydrogen-bond donors (Lipinski definition) is 1. The second kappa shape index (κ2) is 7.06. The van der Waals surface area contributed by atoms with Crippen LogP contribution in [0.2, 0.25) is 0 Å². The third kappa shape index (κ3) is 4.06. The second-order valence-corrected chi connectivity index (χ2v) is 3.54. The summed E-state index contributed by atoms with van der Waals surface area (Å²) in [6.07, 6.45) is 1.75. The molecule has 4 heteroatoms. The smallest absolute Gasteiger partial charge is 0.214 e. The number of nitrogens with zero attached hydrogens (tertiary/aromatic N) is 2. The van der Waals surface area contributed by atoms with Crippen LogP contribution in [0.25, 0.3) is 0 Å². The quantitative estimate of drug-likeness (QED) is 0.765. The number of pyridine rings is 1. The molecule has 0 spiro atoms. The minimum atomic E-state index is 0.646. The van der Waals surface area contributed by atoms with E-state index in [1.54, 1.807) is 13.3 Å². The fraction of sp³-hybridized carbons (Fsp3) is 0.583. The van der Waals surface area contributed by atoms with Crippen molar-refractivity contribution in [2.24, 2.45) is 0 Å². The van der Waals surface area contributed by atoms with Gasteiger partial charge in [-0.3, -0.25) is 0 Å². The largest absolute Gasteiger partial charge is 0.481 e. The molecule has 0 saturated heterocycles. The molecule has 1 heterocycles. The van der Waals surface area contributed by atoms with E-state index in [1.807, 2.05) is 12.1 Å². The monoisotopic (exact) mass is 223 g/mol. The Kier molecular flexibility index (Phi) is 5.64. The highest BCUT2D eigenvalue weighted by molar-refractivity contribution is 5.44. The Balaban J connectivity index is 2.36. The molecule has 1 aromatic rings. The highest BCUT2D eigenvalue weighted by Crippen LogP contribution is 2.12. The molecule has 0 unspecified atom stereocenters. The van der Waals surface area contributed by atoms with Crippen LogP contribution in [-0.2, 0) is 0 Å². The summed E-state index contributed by atoms with van der Waals surface area (Å²) in [6, 6.07) is 3.85. The average molecular weight is 223 g/mol. The summed E-state index contributed by atoms with van der Waals surface area (Å²) >= 11 is 0. The lowest BCUT2D eigenvalue weighted by Gasteiger charge is -2.18. The van der Waals surface area contributed by atoms with Gasteiger partial charge in [0.15, 0.2) is 0 Å². The molecule has 0 fully saturated rings. The molecule has 0 aliphatic carbocycles. The molecule has 1 aromatic heterocycles. The lowest BCUT2D eigenvalue weighted by Crippen LogP contribution is -2.28. The topological polar surface area (TPSA) is 37.4 Å². The summed E-state index contributed by atoms with van der Waals surface area (Å²) in [5, 5.41) is 3.36. The van der Waals surface area contributed by atoms with E-state index < -0.39 is 0 Å². The zero-order chi connectivity index (χ0) is 11.8. The van der Waals surface area contributed by atoms with E-state index in [4.69, 9.17) is 4.74 Å². The first-order valence-electron chi connectivity index (χ1n) is 5.76. The Hall–Kier alpha value is -1.29. The van der Waals surface area contributed by atoms with Crippen LogP contribution in [0.5, 0.6) is 5.88 Å². The highest BCUT2D eigenvalue weighted by atomic mass is 16.5. The lowest BCUT2D eigenvalue weighted by molar-refractivity contribution is 0.316. The van der Waals surface area contributed by atoms with Crippen molar-refractivity contribution in [3.05, 3.63) is 18.3 Å². The van der Waals surface area contributed by atoms with Gasteiger partial charge in [0.2, 0.25) is 5.88 Å². The van der Waals surface area contributed by atoms with Gasteiger partial charge < -0.3 is 15.0 Å². The number of likely N-dealkylation sites (N-methyl/N-ethyl adjacent to an activating group) is 1. The van der Waals surface area contributed by atoms with Crippen molar-refractivity contribution in [1.29, 1.82) is 0 Å². The van der Waals surface area contributed by atoms with Gasteiger partial charge in [0.25, 0.3) is 0 Å². The van der Waals surface area contributed by atoms with E-state index >= 15 is 0 Å². The zero-order valence-corrected chi connectivity index (χ0v) is 10.4. The number of anilines is 1. The molecule has 0 aromatic carbocycles. The molecule has 4 nitrogen and oxygen atoms in total. The third-order valence-corrected chi connectivity index (χ3v) is 2.60. The fourth-order valence-corrected chi connectivity index (χ4v) is 1.53. The molecule has 0 saturated carbocycles. The van der Waals surface area contributed by atoms with Gasteiger partial charge in [0.1, 0.15) is 0 Å². The summed E-state index contributed by atoms with van der Waals surface area (Å²) < 4.78 is 5.06. The van der Waals surface area contributed by atoms with Crippen LogP contribution in [-0.4, -0.2) is 43.2 Å². The van der Waals surface area contributed by atoms with E-state index in [9.17, 15) is 0 Å². The van der Waals surface area contributed by atoms with Gasteiger partial charge >= 0.3 is 0 Å². The predicted octanol–water partition coefficient (Wildman–Crippen LogP) is 1.84. The van der Waals surface area contributed by atoms with Crippen LogP contribution in [0, 0.1) is 0 Å². The van der Waals surface area contributed by atoms with Crippen molar-refractivity contribution >= 4 is 5.69 Å². The number of rotatable bonds is 7. The number of aromatic nitrogens is 1. The molecular formula is C12H21N3O. The molecule has 0 atom stereocenters. The van der Waals surface area contributed by atoms with Gasteiger partial charge in [-0.15, -0.1) is 0 Å². The van der Waals surface area contributed by atoms with Crippen molar-refractivity contribution in [2.75, 3.05) is 38.6 Å². The van der Waals surface area contributed by atoms with Crippen molar-refractivity contribution in [1.82, 2.24) is 9.88 Å². The summed E-state index contributed by atoms with van der Waals surface area (Å²) in [7, 11) is 1.63. The van der Waals surface area contributed by atoms with Crippen LogP contribution < -0.4 is 10.1 Å². The number of nitrogens with one attached hydrogen (secondary N) is 1. The van der Waals surface area contributed by atoms with Gasteiger partial charge in [0.05, 0.1) is 7.11 Å². The maximum Gasteiger partial charge on any atom is 0.214 e. The van der Waals surface area contributed by atoms with Gasteiger partial charge in [0, 0.05) is 31.0 Å². The first-order chi connectivity index (χ1) is 7.80. The Labute approximate surface area is 97.6 Å². The van der Waals surface area contributed by atoms with Gasteiger partial charge in [-0.2, -0.15) is 0 Å². The molecule has 0 bridgehead atoms. The van der Waals surface area contributed by atoms with E-state index in [0.29, 0.717) is 5.88 Å². The van der Waals surface area contributed by atoms with Gasteiger partial charge in [-0.1, -0.05) is 13.8 Å². The van der Waals surface area contributed by atoms with Gasteiger partial charge in [-0.05, 0) is 19.2 Å².